The van der Waals surface area contributed by atoms with Crippen molar-refractivity contribution in [3.63, 3.8) is 0 Å². The van der Waals surface area contributed by atoms with Gasteiger partial charge < -0.3 is 14.6 Å². The number of likely N-dealkylation sites (tertiary alicyclic amines) is 1. The minimum Gasteiger partial charge on any atom is -0.389 e. The summed E-state index contributed by atoms with van der Waals surface area (Å²) in [6.45, 7) is 5.04. The van der Waals surface area contributed by atoms with Gasteiger partial charge in [-0.15, -0.1) is 0 Å². The highest BCUT2D eigenvalue weighted by molar-refractivity contribution is 5.96. The van der Waals surface area contributed by atoms with E-state index in [1.165, 1.54) is 18.5 Å². The van der Waals surface area contributed by atoms with Crippen LogP contribution >= 0.6 is 0 Å². The Hall–Kier alpha value is -1.29. The molecular weight excluding hydrogens is 216 g/mol. The number of nitrogens with zero attached hydrogens (tertiary/aromatic N) is 2. The first kappa shape index (κ1) is 10.8. The highest BCUT2D eigenvalue weighted by Gasteiger charge is 2.33. The quantitative estimate of drug-likeness (QED) is 0.837. The minimum absolute atomic E-state index is 0.0651. The van der Waals surface area contributed by atoms with Crippen LogP contribution in [-0.2, 0) is 0 Å². The van der Waals surface area contributed by atoms with Gasteiger partial charge in [-0.2, -0.15) is 0 Å². The molecule has 92 valence electrons. The topological polar surface area (TPSA) is 45.5 Å². The van der Waals surface area contributed by atoms with Gasteiger partial charge in [-0.25, -0.2) is 0 Å². The summed E-state index contributed by atoms with van der Waals surface area (Å²) in [6.07, 6.45) is 2.13. The van der Waals surface area contributed by atoms with Crippen molar-refractivity contribution in [3.8, 4) is 0 Å². The molecule has 2 fully saturated rings. The highest BCUT2D eigenvalue weighted by Crippen LogP contribution is 2.38. The van der Waals surface area contributed by atoms with Gasteiger partial charge in [0.05, 0.1) is 11.7 Å². The highest BCUT2D eigenvalue weighted by atomic mass is 16.3. The van der Waals surface area contributed by atoms with Gasteiger partial charge in [-0.3, -0.25) is 4.79 Å². The molecule has 0 spiro atoms. The lowest BCUT2D eigenvalue weighted by Crippen LogP contribution is -2.53. The molecule has 1 saturated heterocycles. The fraction of sp³-hybridized carbons (Fsp3) is 0.615. The van der Waals surface area contributed by atoms with Crippen molar-refractivity contribution >= 4 is 5.91 Å². The van der Waals surface area contributed by atoms with E-state index in [4.69, 9.17) is 0 Å². The average molecular weight is 234 g/mol. The smallest absolute Gasteiger partial charge is 0.255 e. The molecule has 1 aromatic heterocycles. The van der Waals surface area contributed by atoms with Crippen molar-refractivity contribution in [2.45, 2.75) is 38.8 Å². The van der Waals surface area contributed by atoms with Crippen LogP contribution < -0.4 is 0 Å². The van der Waals surface area contributed by atoms with Gasteiger partial charge >= 0.3 is 0 Å². The predicted molar refractivity (Wildman–Crippen MR) is 64.1 cm³/mol. The summed E-state index contributed by atoms with van der Waals surface area (Å²) in [7, 11) is 0. The lowest BCUT2D eigenvalue weighted by Gasteiger charge is -2.35. The molecule has 4 heteroatoms. The van der Waals surface area contributed by atoms with E-state index >= 15 is 0 Å². The summed E-state index contributed by atoms with van der Waals surface area (Å²) in [4.78, 5) is 13.9. The first-order valence-electron chi connectivity index (χ1n) is 6.23. The van der Waals surface area contributed by atoms with Crippen LogP contribution in [0, 0.1) is 13.8 Å². The van der Waals surface area contributed by atoms with Crippen LogP contribution in [0.15, 0.2) is 6.07 Å². The number of aryl methyl sites for hydroxylation is 1. The lowest BCUT2D eigenvalue weighted by atomic mass is 10.1. The van der Waals surface area contributed by atoms with Gasteiger partial charge in [0.1, 0.15) is 0 Å². The van der Waals surface area contributed by atoms with Crippen molar-refractivity contribution in [1.29, 1.82) is 0 Å². The molecule has 1 saturated carbocycles. The molecule has 3 rings (SSSR count). The zero-order valence-electron chi connectivity index (χ0n) is 10.3. The van der Waals surface area contributed by atoms with Crippen LogP contribution in [0.2, 0.25) is 0 Å². The van der Waals surface area contributed by atoms with E-state index in [-0.39, 0.29) is 12.0 Å². The number of aliphatic hydroxyl groups is 1. The van der Waals surface area contributed by atoms with Crippen molar-refractivity contribution in [2.24, 2.45) is 0 Å². The number of aromatic nitrogens is 1. The van der Waals surface area contributed by atoms with Gasteiger partial charge in [0.25, 0.3) is 5.91 Å². The molecule has 0 unspecified atom stereocenters. The Balaban J connectivity index is 1.87. The van der Waals surface area contributed by atoms with E-state index in [1.807, 2.05) is 13.0 Å². The molecule has 1 amide bonds. The summed E-state index contributed by atoms with van der Waals surface area (Å²) in [5, 5.41) is 9.24. The second-order valence-electron chi connectivity index (χ2n) is 5.25. The maximum Gasteiger partial charge on any atom is 0.255 e. The number of carbonyl (C=O) groups excluding carboxylic acids is 1. The van der Waals surface area contributed by atoms with Crippen molar-refractivity contribution in [1.82, 2.24) is 9.47 Å². The average Bonchev–Trinajstić information content (AvgIpc) is 3.01. The van der Waals surface area contributed by atoms with Crippen LogP contribution in [0.1, 0.15) is 40.6 Å². The Bertz CT molecular complexity index is 468. The summed E-state index contributed by atoms with van der Waals surface area (Å²) >= 11 is 0. The third-order valence-electron chi connectivity index (χ3n) is 3.78. The second kappa shape index (κ2) is 3.60. The molecule has 1 aromatic rings. The molecule has 0 bridgehead atoms. The molecule has 1 aliphatic heterocycles. The maximum absolute atomic E-state index is 12.2. The largest absolute Gasteiger partial charge is 0.389 e. The summed E-state index contributed by atoms with van der Waals surface area (Å²) in [6, 6.07) is 2.60. The molecule has 0 atom stereocenters. The lowest BCUT2D eigenvalue weighted by molar-refractivity contribution is 0.00583. The second-order valence-corrected chi connectivity index (χ2v) is 5.25. The summed E-state index contributed by atoms with van der Waals surface area (Å²) < 4.78 is 2.28. The standard InChI is InChI=1S/C13H18N2O2/c1-8-5-12(9(2)15(8)10-3-4-10)13(17)14-6-11(16)7-14/h5,10-11,16H,3-4,6-7H2,1-2H3. The van der Waals surface area contributed by atoms with Gasteiger partial charge in [-0.1, -0.05) is 0 Å². The molecule has 1 N–H and O–H groups in total. The van der Waals surface area contributed by atoms with Gasteiger partial charge in [-0.05, 0) is 32.8 Å². The Labute approximate surface area is 101 Å². The fourth-order valence-electron chi connectivity index (χ4n) is 2.68. The summed E-state index contributed by atoms with van der Waals surface area (Å²) in [5.41, 5.74) is 3.06. The van der Waals surface area contributed by atoms with E-state index in [0.29, 0.717) is 19.1 Å². The third kappa shape index (κ3) is 1.67. The number of hydrogen-bond donors (Lipinski definition) is 1. The number of β-amino-alcohol motifs (C(OH)–C–C–N with tert-alkyl or cyclic N) is 1. The Morgan fingerprint density at radius 3 is 2.53 bits per heavy atom. The minimum atomic E-state index is -0.328. The van der Waals surface area contributed by atoms with Gasteiger partial charge in [0.2, 0.25) is 0 Å². The fourth-order valence-corrected chi connectivity index (χ4v) is 2.68. The first-order valence-corrected chi connectivity index (χ1v) is 6.23. The zero-order valence-corrected chi connectivity index (χ0v) is 10.3. The van der Waals surface area contributed by atoms with Gasteiger partial charge in [0.15, 0.2) is 0 Å². The van der Waals surface area contributed by atoms with E-state index in [2.05, 4.69) is 11.5 Å². The molecular formula is C13H18N2O2. The Morgan fingerprint density at radius 1 is 1.35 bits per heavy atom. The van der Waals surface area contributed by atoms with Gasteiger partial charge in [0, 0.05) is 30.5 Å². The molecule has 4 nitrogen and oxygen atoms in total. The van der Waals surface area contributed by atoms with E-state index < -0.39 is 0 Å². The molecule has 2 aliphatic rings. The molecule has 0 aromatic carbocycles. The molecule has 2 heterocycles. The number of aliphatic hydroxyl groups excluding tert-OH is 1. The van der Waals surface area contributed by atoms with Crippen molar-refractivity contribution in [2.75, 3.05) is 13.1 Å². The third-order valence-corrected chi connectivity index (χ3v) is 3.78. The van der Waals surface area contributed by atoms with Crippen LogP contribution in [-0.4, -0.2) is 39.7 Å². The summed E-state index contributed by atoms with van der Waals surface area (Å²) in [5.74, 6) is 0.0651. The molecule has 0 radical (unpaired) electrons. The Kier molecular flexibility index (Phi) is 2.30. The number of hydrogen-bond acceptors (Lipinski definition) is 2. The molecule has 1 aliphatic carbocycles. The maximum atomic E-state index is 12.2. The number of rotatable bonds is 2. The monoisotopic (exact) mass is 234 g/mol. The normalized spacial score (nSPS) is 20.5. The predicted octanol–water partition coefficient (Wildman–Crippen LogP) is 1.26. The van der Waals surface area contributed by atoms with Crippen LogP contribution in [0.3, 0.4) is 0 Å². The zero-order chi connectivity index (χ0) is 12.2. The van der Waals surface area contributed by atoms with E-state index in [1.54, 1.807) is 4.90 Å². The molecule has 17 heavy (non-hydrogen) atoms. The van der Waals surface area contributed by atoms with E-state index in [0.717, 1.165) is 11.3 Å². The van der Waals surface area contributed by atoms with Crippen LogP contribution in [0.4, 0.5) is 0 Å². The van der Waals surface area contributed by atoms with Crippen LogP contribution in [0.25, 0.3) is 0 Å². The number of amides is 1. The number of carbonyl (C=O) groups is 1. The van der Waals surface area contributed by atoms with Crippen molar-refractivity contribution < 1.29 is 9.90 Å². The van der Waals surface area contributed by atoms with E-state index in [9.17, 15) is 9.90 Å². The first-order chi connectivity index (χ1) is 8.08. The van der Waals surface area contributed by atoms with Crippen molar-refractivity contribution in [3.05, 3.63) is 23.0 Å². The van der Waals surface area contributed by atoms with Crippen LogP contribution in [0.5, 0.6) is 0 Å². The Morgan fingerprint density at radius 2 is 2.00 bits per heavy atom. The SMILES string of the molecule is Cc1cc(C(=O)N2CC(O)C2)c(C)n1C1CC1.